The van der Waals surface area contributed by atoms with Crippen molar-refractivity contribution in [1.82, 2.24) is 15.1 Å². The lowest BCUT2D eigenvalue weighted by Gasteiger charge is -2.32. The Morgan fingerprint density at radius 2 is 1.92 bits per heavy atom. The van der Waals surface area contributed by atoms with Crippen LogP contribution in [-0.4, -0.2) is 65.3 Å². The average molecular weight is 440 g/mol. The van der Waals surface area contributed by atoms with Gasteiger partial charge in [0.05, 0.1) is 18.6 Å². The summed E-state index contributed by atoms with van der Waals surface area (Å²) < 4.78 is 1.02. The van der Waals surface area contributed by atoms with Crippen LogP contribution in [0.5, 0.6) is 0 Å². The molecule has 1 aromatic rings. The second-order valence-electron chi connectivity index (χ2n) is 6.91. The van der Waals surface area contributed by atoms with Gasteiger partial charge in [0, 0.05) is 29.1 Å². The van der Waals surface area contributed by atoms with Gasteiger partial charge < -0.3 is 10.2 Å². The van der Waals surface area contributed by atoms with Crippen LogP contribution >= 0.6 is 27.7 Å². The summed E-state index contributed by atoms with van der Waals surface area (Å²) >= 11 is 5.33. The quantitative estimate of drug-likeness (QED) is 0.765. The molecule has 142 valence electrons. The first-order chi connectivity index (χ1) is 12.5. The number of rotatable bonds is 5. The number of nitrogens with one attached hydrogen (secondary N) is 1. The van der Waals surface area contributed by atoms with Gasteiger partial charge in [0.1, 0.15) is 0 Å². The molecule has 2 amide bonds. The maximum Gasteiger partial charge on any atom is 0.239 e. The van der Waals surface area contributed by atoms with Crippen molar-refractivity contribution in [3.05, 3.63) is 34.3 Å². The molecule has 2 unspecified atom stereocenters. The molecule has 0 aliphatic carbocycles. The Bertz CT molecular complexity index is 634. The average Bonchev–Trinajstić information content (AvgIpc) is 3.10. The van der Waals surface area contributed by atoms with Crippen LogP contribution in [0.4, 0.5) is 0 Å². The summed E-state index contributed by atoms with van der Waals surface area (Å²) in [4.78, 5) is 29.3. The minimum atomic E-state index is -0.133. The van der Waals surface area contributed by atoms with Crippen molar-refractivity contribution in [1.29, 1.82) is 0 Å². The third-order valence-electron chi connectivity index (χ3n) is 5.07. The van der Waals surface area contributed by atoms with Crippen molar-refractivity contribution < 1.29 is 9.59 Å². The summed E-state index contributed by atoms with van der Waals surface area (Å²) in [7, 11) is 0. The first-order valence-electron chi connectivity index (χ1n) is 9.20. The van der Waals surface area contributed by atoms with E-state index in [1.165, 1.54) is 0 Å². The number of carbonyl (C=O) groups excluding carboxylic acids is 2. The summed E-state index contributed by atoms with van der Waals surface area (Å²) in [5.74, 6) is 2.22. The van der Waals surface area contributed by atoms with E-state index in [2.05, 4.69) is 21.2 Å². The van der Waals surface area contributed by atoms with Gasteiger partial charge >= 0.3 is 0 Å². The molecule has 0 saturated carbocycles. The van der Waals surface area contributed by atoms with Crippen LogP contribution in [0, 0.1) is 0 Å². The van der Waals surface area contributed by atoms with E-state index in [1.54, 1.807) is 0 Å². The van der Waals surface area contributed by atoms with Gasteiger partial charge in [0.15, 0.2) is 0 Å². The van der Waals surface area contributed by atoms with Crippen LogP contribution in [0.3, 0.4) is 0 Å². The molecular weight excluding hydrogens is 414 g/mol. The van der Waals surface area contributed by atoms with Crippen molar-refractivity contribution in [2.45, 2.75) is 31.8 Å². The van der Waals surface area contributed by atoms with Crippen LogP contribution in [0.25, 0.3) is 0 Å². The van der Waals surface area contributed by atoms with E-state index in [9.17, 15) is 9.59 Å². The van der Waals surface area contributed by atoms with Crippen molar-refractivity contribution in [2.24, 2.45) is 0 Å². The minimum Gasteiger partial charge on any atom is -0.348 e. The first-order valence-corrected chi connectivity index (χ1v) is 11.1. The molecule has 0 bridgehead atoms. The summed E-state index contributed by atoms with van der Waals surface area (Å²) in [6, 6.07) is 7.78. The number of nitrogens with zero attached hydrogens (tertiary/aromatic N) is 2. The standard InChI is InChI=1S/C19H26BrN3O2S/c1-14(15-4-6-16(20)7-5-15)21-18(24)13-23-8-2-3-17(23)19(25)22-9-11-26-12-10-22/h4-7,14,17H,2-3,8-13H2,1H3,(H,21,24). The molecule has 2 saturated heterocycles. The van der Waals surface area contributed by atoms with Crippen molar-refractivity contribution in [3.63, 3.8) is 0 Å². The highest BCUT2D eigenvalue weighted by Gasteiger charge is 2.35. The Hall–Kier alpha value is -1.05. The Morgan fingerprint density at radius 3 is 2.62 bits per heavy atom. The highest BCUT2D eigenvalue weighted by molar-refractivity contribution is 9.10. The van der Waals surface area contributed by atoms with E-state index in [-0.39, 0.29) is 23.9 Å². The molecule has 2 aliphatic heterocycles. The summed E-state index contributed by atoms with van der Waals surface area (Å²) in [6.07, 6.45) is 1.84. The fraction of sp³-hybridized carbons (Fsp3) is 0.579. The normalized spacial score (nSPS) is 22.2. The molecule has 26 heavy (non-hydrogen) atoms. The molecule has 0 spiro atoms. The molecule has 1 aromatic carbocycles. The number of benzene rings is 1. The van der Waals surface area contributed by atoms with Crippen LogP contribution in [0.2, 0.25) is 0 Å². The Labute approximate surface area is 168 Å². The van der Waals surface area contributed by atoms with Gasteiger partial charge in [-0.25, -0.2) is 0 Å². The fourth-order valence-corrected chi connectivity index (χ4v) is 4.76. The number of amides is 2. The highest BCUT2D eigenvalue weighted by atomic mass is 79.9. The molecule has 0 aromatic heterocycles. The number of thioether (sulfide) groups is 1. The molecule has 7 heteroatoms. The summed E-state index contributed by atoms with van der Waals surface area (Å²) in [6.45, 7) is 4.76. The maximum absolute atomic E-state index is 12.8. The zero-order valence-corrected chi connectivity index (χ0v) is 17.5. The Kier molecular flexibility index (Phi) is 7.00. The lowest BCUT2D eigenvalue weighted by atomic mass is 10.1. The number of hydrogen-bond donors (Lipinski definition) is 1. The van der Waals surface area contributed by atoms with E-state index < -0.39 is 0 Å². The number of likely N-dealkylation sites (tertiary alicyclic amines) is 1. The third-order valence-corrected chi connectivity index (χ3v) is 6.54. The molecule has 0 radical (unpaired) electrons. The lowest BCUT2D eigenvalue weighted by Crippen LogP contribution is -2.50. The SMILES string of the molecule is CC(NC(=O)CN1CCCC1C(=O)N1CCSCC1)c1ccc(Br)cc1. The zero-order chi connectivity index (χ0) is 18.5. The van der Waals surface area contributed by atoms with E-state index in [0.29, 0.717) is 6.54 Å². The van der Waals surface area contributed by atoms with Gasteiger partial charge in [-0.05, 0) is 44.0 Å². The van der Waals surface area contributed by atoms with Crippen molar-refractivity contribution in [2.75, 3.05) is 37.7 Å². The predicted octanol–water partition coefficient (Wildman–Crippen LogP) is 2.67. The van der Waals surface area contributed by atoms with Crippen molar-refractivity contribution >= 4 is 39.5 Å². The predicted molar refractivity (Wildman–Crippen MR) is 109 cm³/mol. The number of halogens is 1. The summed E-state index contributed by atoms with van der Waals surface area (Å²) in [5, 5.41) is 3.06. The molecule has 2 aliphatic rings. The summed E-state index contributed by atoms with van der Waals surface area (Å²) in [5.41, 5.74) is 1.07. The van der Waals surface area contributed by atoms with Gasteiger partial charge in [-0.3, -0.25) is 14.5 Å². The van der Waals surface area contributed by atoms with E-state index >= 15 is 0 Å². The second kappa shape index (κ2) is 9.24. The van der Waals surface area contributed by atoms with Gasteiger partial charge in [-0.2, -0.15) is 11.8 Å². The first kappa shape index (κ1) is 19.7. The number of carbonyl (C=O) groups is 2. The maximum atomic E-state index is 12.8. The van der Waals surface area contributed by atoms with Crippen LogP contribution < -0.4 is 5.32 Å². The second-order valence-corrected chi connectivity index (χ2v) is 9.05. The fourth-order valence-electron chi connectivity index (χ4n) is 3.60. The number of hydrogen-bond acceptors (Lipinski definition) is 4. The molecule has 2 atom stereocenters. The van der Waals surface area contributed by atoms with Gasteiger partial charge in [-0.1, -0.05) is 28.1 Å². The molecule has 2 fully saturated rings. The molecule has 3 rings (SSSR count). The topological polar surface area (TPSA) is 52.7 Å². The van der Waals surface area contributed by atoms with Gasteiger partial charge in [0.2, 0.25) is 11.8 Å². The Balaban J connectivity index is 1.54. The van der Waals surface area contributed by atoms with E-state index in [4.69, 9.17) is 0 Å². The monoisotopic (exact) mass is 439 g/mol. The molecule has 2 heterocycles. The van der Waals surface area contributed by atoms with E-state index in [1.807, 2.05) is 52.8 Å². The minimum absolute atomic E-state index is 0.0191. The van der Waals surface area contributed by atoms with Gasteiger partial charge in [0.25, 0.3) is 0 Å². The largest absolute Gasteiger partial charge is 0.348 e. The lowest BCUT2D eigenvalue weighted by molar-refractivity contribution is -0.136. The van der Waals surface area contributed by atoms with Crippen LogP contribution in [-0.2, 0) is 9.59 Å². The van der Waals surface area contributed by atoms with E-state index in [0.717, 1.165) is 54.0 Å². The molecular formula is C19H26BrN3O2S. The Morgan fingerprint density at radius 1 is 1.23 bits per heavy atom. The van der Waals surface area contributed by atoms with Crippen molar-refractivity contribution in [3.8, 4) is 0 Å². The third kappa shape index (κ3) is 5.02. The highest BCUT2D eigenvalue weighted by Crippen LogP contribution is 2.21. The molecule has 5 nitrogen and oxygen atoms in total. The zero-order valence-electron chi connectivity index (χ0n) is 15.1. The van der Waals surface area contributed by atoms with Gasteiger partial charge in [-0.15, -0.1) is 0 Å². The molecule has 1 N–H and O–H groups in total. The van der Waals surface area contributed by atoms with Crippen LogP contribution in [0.15, 0.2) is 28.7 Å². The smallest absolute Gasteiger partial charge is 0.239 e. The van der Waals surface area contributed by atoms with Crippen LogP contribution in [0.1, 0.15) is 31.4 Å².